The van der Waals surface area contributed by atoms with E-state index >= 15 is 0 Å². The third kappa shape index (κ3) is 3.55. The molecule has 0 heterocycles. The van der Waals surface area contributed by atoms with Gasteiger partial charge in [0.05, 0.1) is 12.2 Å². The summed E-state index contributed by atoms with van der Waals surface area (Å²) in [7, 11) is 0. The highest BCUT2D eigenvalue weighted by Crippen LogP contribution is 2.17. The van der Waals surface area contributed by atoms with Crippen LogP contribution >= 0.6 is 0 Å². The van der Waals surface area contributed by atoms with Gasteiger partial charge in [0, 0.05) is 0 Å². The van der Waals surface area contributed by atoms with Crippen LogP contribution < -0.4 is 0 Å². The van der Waals surface area contributed by atoms with Crippen LogP contribution in [0.5, 0.6) is 0 Å². The summed E-state index contributed by atoms with van der Waals surface area (Å²) in [5.41, 5.74) is 0. The molecule has 2 N–H and O–H groups in total. The van der Waals surface area contributed by atoms with Crippen LogP contribution in [0, 0.1) is 0 Å². The van der Waals surface area contributed by atoms with Crippen LogP contribution in [0.3, 0.4) is 0 Å². The van der Waals surface area contributed by atoms with Crippen molar-refractivity contribution in [2.24, 2.45) is 0 Å². The van der Waals surface area contributed by atoms with E-state index in [1.54, 1.807) is 0 Å². The van der Waals surface area contributed by atoms with E-state index in [1.807, 2.05) is 0 Å². The molecule has 0 aromatic rings. The van der Waals surface area contributed by atoms with E-state index in [9.17, 15) is 10.2 Å². The van der Waals surface area contributed by atoms with Gasteiger partial charge in [-0.3, -0.25) is 0 Å². The van der Waals surface area contributed by atoms with Crippen molar-refractivity contribution in [3.8, 4) is 0 Å². The second-order valence-electron chi connectivity index (χ2n) is 3.83. The van der Waals surface area contributed by atoms with Gasteiger partial charge >= 0.3 is 0 Å². The average molecular weight is 172 g/mol. The first-order valence-electron chi connectivity index (χ1n) is 5.17. The normalized spacial score (nSPS) is 34.5. The van der Waals surface area contributed by atoms with Crippen molar-refractivity contribution in [1.82, 2.24) is 0 Å². The number of hydrogen-bond donors (Lipinski definition) is 2. The summed E-state index contributed by atoms with van der Waals surface area (Å²) >= 11 is 0. The van der Waals surface area contributed by atoms with Crippen LogP contribution in [0.2, 0.25) is 0 Å². The molecule has 1 fully saturated rings. The molecule has 0 aliphatic heterocycles. The molecule has 0 aromatic carbocycles. The van der Waals surface area contributed by atoms with Gasteiger partial charge in [0.25, 0.3) is 0 Å². The Morgan fingerprint density at radius 2 is 0.917 bits per heavy atom. The Kier molecular flexibility index (Phi) is 4.62. The molecule has 0 bridgehead atoms. The maximum absolute atomic E-state index is 9.45. The molecule has 2 heteroatoms. The van der Waals surface area contributed by atoms with Gasteiger partial charge in [-0.1, -0.05) is 38.5 Å². The summed E-state index contributed by atoms with van der Waals surface area (Å²) in [5.74, 6) is 0. The molecule has 2 nitrogen and oxygen atoms in total. The van der Waals surface area contributed by atoms with Gasteiger partial charge < -0.3 is 10.2 Å². The molecule has 1 aliphatic rings. The molecule has 12 heavy (non-hydrogen) atoms. The monoisotopic (exact) mass is 172 g/mol. The van der Waals surface area contributed by atoms with Crippen molar-refractivity contribution >= 4 is 0 Å². The highest BCUT2D eigenvalue weighted by molar-refractivity contribution is 4.68. The van der Waals surface area contributed by atoms with E-state index in [-0.39, 0.29) is 0 Å². The molecule has 1 aliphatic carbocycles. The Hall–Kier alpha value is -0.0800. The third-order valence-electron chi connectivity index (χ3n) is 2.69. The number of aliphatic hydroxyl groups is 2. The van der Waals surface area contributed by atoms with Crippen molar-refractivity contribution in [2.75, 3.05) is 0 Å². The lowest BCUT2D eigenvalue weighted by atomic mass is 9.97. The minimum Gasteiger partial charge on any atom is -0.390 e. The fraction of sp³-hybridized carbons (Fsp3) is 1.00. The zero-order valence-corrected chi connectivity index (χ0v) is 7.71. The Labute approximate surface area is 74.6 Å². The fourth-order valence-electron chi connectivity index (χ4n) is 1.80. The largest absolute Gasteiger partial charge is 0.390 e. The Morgan fingerprint density at radius 3 is 1.33 bits per heavy atom. The Bertz CT molecular complexity index is 100. The zero-order valence-electron chi connectivity index (χ0n) is 7.71. The van der Waals surface area contributed by atoms with E-state index < -0.39 is 12.2 Å². The minimum atomic E-state index is -0.469. The van der Waals surface area contributed by atoms with Crippen LogP contribution in [-0.2, 0) is 0 Å². The second-order valence-corrected chi connectivity index (χ2v) is 3.83. The van der Waals surface area contributed by atoms with E-state index in [4.69, 9.17) is 0 Å². The molecule has 0 unspecified atom stereocenters. The van der Waals surface area contributed by atoms with Crippen LogP contribution in [-0.4, -0.2) is 22.4 Å². The van der Waals surface area contributed by atoms with Crippen molar-refractivity contribution in [3.05, 3.63) is 0 Å². The van der Waals surface area contributed by atoms with Crippen molar-refractivity contribution in [2.45, 2.75) is 63.6 Å². The van der Waals surface area contributed by atoms with Crippen LogP contribution in [0.15, 0.2) is 0 Å². The van der Waals surface area contributed by atoms with E-state index in [0.29, 0.717) is 0 Å². The Morgan fingerprint density at radius 1 is 0.583 bits per heavy atom. The molecule has 0 spiro atoms. The predicted octanol–water partition coefficient (Wildman–Crippen LogP) is 1.84. The van der Waals surface area contributed by atoms with Gasteiger partial charge in [-0.2, -0.15) is 0 Å². The molecular formula is C10H20O2. The topological polar surface area (TPSA) is 40.5 Å². The van der Waals surface area contributed by atoms with E-state index in [0.717, 1.165) is 25.7 Å². The molecule has 0 amide bonds. The first-order valence-corrected chi connectivity index (χ1v) is 5.17. The molecule has 1 saturated carbocycles. The van der Waals surface area contributed by atoms with Crippen molar-refractivity contribution in [1.29, 1.82) is 0 Å². The standard InChI is InChI=1S/C10H20O2/c11-9-7-5-3-1-2-4-6-8-10(9)12/h9-12H,1-8H2/t9-,10-/m0/s1. The number of hydrogen-bond acceptors (Lipinski definition) is 2. The van der Waals surface area contributed by atoms with Gasteiger partial charge in [-0.05, 0) is 12.8 Å². The summed E-state index contributed by atoms with van der Waals surface area (Å²) in [6.07, 6.45) is 7.77. The fourth-order valence-corrected chi connectivity index (χ4v) is 1.80. The average Bonchev–Trinajstić information content (AvgIpc) is 2.08. The van der Waals surface area contributed by atoms with Gasteiger partial charge in [0.1, 0.15) is 0 Å². The zero-order chi connectivity index (χ0) is 8.81. The van der Waals surface area contributed by atoms with Gasteiger partial charge in [-0.15, -0.1) is 0 Å². The highest BCUT2D eigenvalue weighted by atomic mass is 16.3. The van der Waals surface area contributed by atoms with Crippen molar-refractivity contribution < 1.29 is 10.2 Å². The first kappa shape index (κ1) is 10.0. The molecule has 1 rings (SSSR count). The highest BCUT2D eigenvalue weighted by Gasteiger charge is 2.15. The van der Waals surface area contributed by atoms with Crippen LogP contribution in [0.4, 0.5) is 0 Å². The maximum Gasteiger partial charge on any atom is 0.0799 e. The molecule has 0 aromatic heterocycles. The van der Waals surface area contributed by atoms with Crippen molar-refractivity contribution in [3.63, 3.8) is 0 Å². The summed E-state index contributed by atoms with van der Waals surface area (Å²) < 4.78 is 0. The summed E-state index contributed by atoms with van der Waals surface area (Å²) in [6.45, 7) is 0. The molecule has 0 radical (unpaired) electrons. The SMILES string of the molecule is O[C@H]1CCCCCCCC[C@@H]1O. The summed E-state index contributed by atoms with van der Waals surface area (Å²) in [6, 6.07) is 0. The third-order valence-corrected chi connectivity index (χ3v) is 2.69. The van der Waals surface area contributed by atoms with Crippen LogP contribution in [0.1, 0.15) is 51.4 Å². The Balaban J connectivity index is 2.26. The molecule has 0 saturated heterocycles. The summed E-state index contributed by atoms with van der Waals surface area (Å²) in [5, 5.41) is 18.9. The molecule has 2 atom stereocenters. The lowest BCUT2D eigenvalue weighted by Crippen LogP contribution is -2.25. The van der Waals surface area contributed by atoms with Gasteiger partial charge in [0.15, 0.2) is 0 Å². The van der Waals surface area contributed by atoms with E-state index in [1.165, 1.54) is 25.7 Å². The number of aliphatic hydroxyl groups excluding tert-OH is 2. The van der Waals surface area contributed by atoms with E-state index in [2.05, 4.69) is 0 Å². The smallest absolute Gasteiger partial charge is 0.0799 e. The van der Waals surface area contributed by atoms with Gasteiger partial charge in [-0.25, -0.2) is 0 Å². The molecule has 72 valence electrons. The minimum absolute atomic E-state index is 0.469. The second kappa shape index (κ2) is 5.55. The molecular weight excluding hydrogens is 152 g/mol. The predicted molar refractivity (Wildman–Crippen MR) is 48.9 cm³/mol. The maximum atomic E-state index is 9.45. The summed E-state index contributed by atoms with van der Waals surface area (Å²) in [4.78, 5) is 0. The number of rotatable bonds is 0. The van der Waals surface area contributed by atoms with Gasteiger partial charge in [0.2, 0.25) is 0 Å². The lowest BCUT2D eigenvalue weighted by Gasteiger charge is -2.18. The quantitative estimate of drug-likeness (QED) is 0.585. The first-order chi connectivity index (χ1) is 5.80. The lowest BCUT2D eigenvalue weighted by molar-refractivity contribution is 0.00608. The van der Waals surface area contributed by atoms with Crippen LogP contribution in [0.25, 0.3) is 0 Å².